The number of hydrogen-bond donors (Lipinski definition) is 4. The Morgan fingerprint density at radius 2 is 1.77 bits per heavy atom. The summed E-state index contributed by atoms with van der Waals surface area (Å²) in [6.45, 7) is 7.72. The SMILES string of the molecule is COc1c(N2CCCC(=C(F)CNC(=O)[C@H](C)NC(=O)[C@H](C)NC(=O)OC(C)(C)C)C2)c(F)cc2c(=O)c(C(=O)O)cn(C3CC3)c12. The van der Waals surface area contributed by atoms with Crippen molar-refractivity contribution in [3.8, 4) is 5.75 Å². The van der Waals surface area contributed by atoms with Gasteiger partial charge >= 0.3 is 12.1 Å². The normalized spacial score (nSPS) is 17.4. The van der Waals surface area contributed by atoms with Gasteiger partial charge in [-0.2, -0.15) is 0 Å². The molecule has 4 N–H and O–H groups in total. The van der Waals surface area contributed by atoms with Crippen molar-refractivity contribution in [1.82, 2.24) is 20.5 Å². The molecule has 0 spiro atoms. The zero-order valence-electron chi connectivity index (χ0n) is 27.3. The van der Waals surface area contributed by atoms with Crippen molar-refractivity contribution in [3.05, 3.63) is 45.3 Å². The van der Waals surface area contributed by atoms with Gasteiger partial charge in [-0.25, -0.2) is 18.4 Å². The van der Waals surface area contributed by atoms with Crippen molar-refractivity contribution in [2.24, 2.45) is 0 Å². The number of carbonyl (C=O) groups is 4. The molecule has 2 aromatic rings. The molecule has 2 fully saturated rings. The number of piperidine rings is 1. The van der Waals surface area contributed by atoms with E-state index in [1.165, 1.54) is 27.2 Å². The molecular weight excluding hydrogens is 620 g/mol. The minimum Gasteiger partial charge on any atom is -0.492 e. The second-order valence-corrected chi connectivity index (χ2v) is 12.8. The van der Waals surface area contributed by atoms with Crippen molar-refractivity contribution < 1.29 is 42.5 Å². The number of hydrogen-bond acceptors (Lipinski definition) is 8. The molecule has 4 rings (SSSR count). The van der Waals surface area contributed by atoms with Crippen LogP contribution in [0.5, 0.6) is 5.75 Å². The number of aromatic nitrogens is 1. The molecule has 2 heterocycles. The van der Waals surface area contributed by atoms with E-state index in [0.29, 0.717) is 25.0 Å². The number of ether oxygens (including phenoxy) is 2. The molecule has 1 aromatic heterocycles. The fourth-order valence-corrected chi connectivity index (χ4v) is 5.40. The molecule has 0 bridgehead atoms. The maximum Gasteiger partial charge on any atom is 0.408 e. The third-order valence-corrected chi connectivity index (χ3v) is 7.86. The highest BCUT2D eigenvalue weighted by Crippen LogP contribution is 2.44. The molecule has 3 amide bonds. The van der Waals surface area contributed by atoms with Crippen LogP contribution in [-0.4, -0.2) is 78.0 Å². The quantitative estimate of drug-likeness (QED) is 0.298. The Hall–Kier alpha value is -4.69. The molecule has 1 aliphatic heterocycles. The number of rotatable bonds is 10. The molecule has 2 aliphatic rings. The number of carboxylic acids is 1. The lowest BCUT2D eigenvalue weighted by Gasteiger charge is -2.33. The Morgan fingerprint density at radius 1 is 1.11 bits per heavy atom. The fraction of sp³-hybridized carbons (Fsp3) is 0.531. The number of carboxylic acid groups (broad SMARTS) is 1. The monoisotopic (exact) mass is 661 g/mol. The van der Waals surface area contributed by atoms with E-state index in [2.05, 4.69) is 16.0 Å². The van der Waals surface area contributed by atoms with Gasteiger partial charge in [0.2, 0.25) is 17.2 Å². The first kappa shape index (κ1) is 35.2. The van der Waals surface area contributed by atoms with Gasteiger partial charge in [-0.3, -0.25) is 14.4 Å². The Labute approximate surface area is 270 Å². The van der Waals surface area contributed by atoms with Crippen LogP contribution in [-0.2, 0) is 14.3 Å². The molecule has 0 unspecified atom stereocenters. The van der Waals surface area contributed by atoms with Crippen LogP contribution in [0.1, 0.15) is 76.7 Å². The second kappa shape index (κ2) is 14.0. The molecule has 0 radical (unpaired) electrons. The maximum atomic E-state index is 15.7. The highest BCUT2D eigenvalue weighted by molar-refractivity contribution is 5.97. The number of halogens is 2. The molecule has 1 saturated heterocycles. The van der Waals surface area contributed by atoms with E-state index < -0.39 is 70.7 Å². The number of benzene rings is 1. The molecule has 1 aromatic carbocycles. The zero-order chi connectivity index (χ0) is 34.8. The van der Waals surface area contributed by atoms with Crippen LogP contribution in [0.2, 0.25) is 0 Å². The van der Waals surface area contributed by atoms with E-state index in [1.54, 1.807) is 30.2 Å². The Bertz CT molecular complexity index is 1680. The summed E-state index contributed by atoms with van der Waals surface area (Å²) in [5, 5.41) is 16.7. The molecule has 1 saturated carbocycles. The van der Waals surface area contributed by atoms with Crippen LogP contribution < -0.4 is 31.0 Å². The molecule has 15 heteroatoms. The van der Waals surface area contributed by atoms with Crippen molar-refractivity contribution in [2.75, 3.05) is 31.6 Å². The molecule has 13 nitrogen and oxygen atoms in total. The maximum absolute atomic E-state index is 15.7. The Morgan fingerprint density at radius 3 is 2.36 bits per heavy atom. The van der Waals surface area contributed by atoms with E-state index in [1.807, 2.05) is 0 Å². The van der Waals surface area contributed by atoms with Gasteiger partial charge in [-0.15, -0.1) is 0 Å². The van der Waals surface area contributed by atoms with E-state index >= 15 is 8.78 Å². The number of nitrogens with one attached hydrogen (secondary N) is 3. The number of amides is 3. The Kier molecular flexibility index (Phi) is 10.5. The molecular formula is C32H41F2N5O8. The first-order valence-corrected chi connectivity index (χ1v) is 15.4. The largest absolute Gasteiger partial charge is 0.492 e. The van der Waals surface area contributed by atoms with Crippen LogP contribution in [0, 0.1) is 5.82 Å². The number of methoxy groups -OCH3 is 1. The van der Waals surface area contributed by atoms with Crippen molar-refractivity contribution in [3.63, 3.8) is 0 Å². The number of aromatic carboxylic acids is 1. The average Bonchev–Trinajstić information content (AvgIpc) is 3.83. The van der Waals surface area contributed by atoms with Crippen LogP contribution in [0.25, 0.3) is 10.9 Å². The van der Waals surface area contributed by atoms with Crippen molar-refractivity contribution in [1.29, 1.82) is 0 Å². The van der Waals surface area contributed by atoms with Gasteiger partial charge < -0.3 is 40.0 Å². The summed E-state index contributed by atoms with van der Waals surface area (Å²) in [6, 6.07) is -1.11. The van der Waals surface area contributed by atoms with Crippen molar-refractivity contribution in [2.45, 2.75) is 84.0 Å². The molecule has 1 aliphatic carbocycles. The fourth-order valence-electron chi connectivity index (χ4n) is 5.40. The van der Waals surface area contributed by atoms with Gasteiger partial charge in [-0.05, 0) is 71.9 Å². The topological polar surface area (TPSA) is 168 Å². The number of alkyl carbamates (subject to hydrolysis) is 1. The number of anilines is 1. The lowest BCUT2D eigenvalue weighted by atomic mass is 10.0. The summed E-state index contributed by atoms with van der Waals surface area (Å²) in [6.07, 6.45) is 2.79. The van der Waals surface area contributed by atoms with E-state index in [-0.39, 0.29) is 34.9 Å². The van der Waals surface area contributed by atoms with Crippen LogP contribution in [0.15, 0.2) is 28.5 Å². The zero-order valence-corrected chi connectivity index (χ0v) is 27.3. The average molecular weight is 662 g/mol. The predicted molar refractivity (Wildman–Crippen MR) is 169 cm³/mol. The second-order valence-electron chi connectivity index (χ2n) is 12.8. The van der Waals surface area contributed by atoms with E-state index in [9.17, 15) is 29.1 Å². The highest BCUT2D eigenvalue weighted by atomic mass is 19.1. The summed E-state index contributed by atoms with van der Waals surface area (Å²) >= 11 is 0. The lowest BCUT2D eigenvalue weighted by Crippen LogP contribution is -2.52. The minimum atomic E-state index is -1.41. The Balaban J connectivity index is 1.48. The first-order valence-electron chi connectivity index (χ1n) is 15.4. The summed E-state index contributed by atoms with van der Waals surface area (Å²) in [5.41, 5.74) is -1.43. The summed E-state index contributed by atoms with van der Waals surface area (Å²) in [5.74, 6) is -4.10. The van der Waals surface area contributed by atoms with Crippen LogP contribution in [0.4, 0.5) is 19.3 Å². The predicted octanol–water partition coefficient (Wildman–Crippen LogP) is 3.54. The number of carbonyl (C=O) groups excluding carboxylic acids is 3. The molecule has 256 valence electrons. The van der Waals surface area contributed by atoms with E-state index in [4.69, 9.17) is 9.47 Å². The summed E-state index contributed by atoms with van der Waals surface area (Å²) < 4.78 is 43.6. The number of pyridine rings is 1. The molecule has 2 atom stereocenters. The van der Waals surface area contributed by atoms with Gasteiger partial charge in [0.1, 0.15) is 34.8 Å². The summed E-state index contributed by atoms with van der Waals surface area (Å²) in [7, 11) is 1.33. The van der Waals surface area contributed by atoms with Gasteiger partial charge in [0.15, 0.2) is 11.6 Å². The summed E-state index contributed by atoms with van der Waals surface area (Å²) in [4.78, 5) is 63.4. The third-order valence-electron chi connectivity index (χ3n) is 7.86. The molecule has 47 heavy (non-hydrogen) atoms. The van der Waals surface area contributed by atoms with Crippen LogP contribution >= 0.6 is 0 Å². The van der Waals surface area contributed by atoms with Crippen LogP contribution in [0.3, 0.4) is 0 Å². The highest BCUT2D eigenvalue weighted by Gasteiger charge is 2.32. The third kappa shape index (κ3) is 8.19. The first-order chi connectivity index (χ1) is 22.0. The standard InChI is InChI=1S/C32H41F2N5O8/c1-16(36-29(42)17(2)37-31(45)47-32(3,4)5)28(41)35-13-23(34)18-8-7-11-38(14-18)25-22(33)12-20-24(27(25)46-6)39(19-9-10-19)15-21(26(20)40)30(43)44/h12,15-17,19H,7-11,13-14H2,1-6H3,(H,35,41)(H,36,42)(H,37,45)(H,43,44)/t16-,17-/m0/s1. The van der Waals surface area contributed by atoms with Gasteiger partial charge in [-0.1, -0.05) is 0 Å². The van der Waals surface area contributed by atoms with Crippen molar-refractivity contribution >= 4 is 40.5 Å². The number of fused-ring (bicyclic) bond motifs is 1. The van der Waals surface area contributed by atoms with Gasteiger partial charge in [0.05, 0.1) is 24.6 Å². The van der Waals surface area contributed by atoms with E-state index in [0.717, 1.165) is 18.9 Å². The lowest BCUT2D eigenvalue weighted by molar-refractivity contribution is -0.129. The smallest absolute Gasteiger partial charge is 0.408 e. The van der Waals surface area contributed by atoms with Gasteiger partial charge in [0.25, 0.3) is 0 Å². The minimum absolute atomic E-state index is 0.0244. The van der Waals surface area contributed by atoms with Gasteiger partial charge in [0, 0.05) is 25.3 Å². The number of nitrogens with zero attached hydrogens (tertiary/aromatic N) is 2.